The van der Waals surface area contributed by atoms with Gasteiger partial charge < -0.3 is 5.32 Å². The fraction of sp³-hybridized carbons (Fsp3) is 0.538. The number of hydrogen-bond donors (Lipinski definition) is 2. The second kappa shape index (κ2) is 6.24. The zero-order valence-corrected chi connectivity index (χ0v) is 13.3. The van der Waals surface area contributed by atoms with Crippen LogP contribution in [0.1, 0.15) is 19.8 Å². The summed E-state index contributed by atoms with van der Waals surface area (Å²) >= 11 is 0. The topological polar surface area (TPSA) is 75.3 Å². The summed E-state index contributed by atoms with van der Waals surface area (Å²) in [6.45, 7) is 2.50. The Balaban J connectivity index is 1.97. The van der Waals surface area contributed by atoms with Crippen LogP contribution in [0.25, 0.3) is 0 Å². The highest BCUT2D eigenvalue weighted by Gasteiger charge is 2.27. The van der Waals surface area contributed by atoms with Crippen molar-refractivity contribution in [1.29, 1.82) is 0 Å². The molecule has 5 nitrogen and oxygen atoms in total. The lowest BCUT2D eigenvalue weighted by Gasteiger charge is -2.12. The third-order valence-corrected chi connectivity index (χ3v) is 6.06. The van der Waals surface area contributed by atoms with Crippen LogP contribution >= 0.6 is 0 Å². The van der Waals surface area contributed by atoms with Crippen molar-refractivity contribution in [2.45, 2.75) is 36.0 Å². The molecule has 0 aromatic heterocycles. The summed E-state index contributed by atoms with van der Waals surface area (Å²) < 4.78 is 37.8. The van der Waals surface area contributed by atoms with Crippen LogP contribution in [-0.2, 0) is 20.8 Å². The van der Waals surface area contributed by atoms with Crippen LogP contribution in [0, 0.1) is 0 Å². The Morgan fingerprint density at radius 1 is 1.30 bits per heavy atom. The molecule has 0 amide bonds. The number of nitrogens with one attached hydrogen (secondary N) is 2. The van der Waals surface area contributed by atoms with Crippen molar-refractivity contribution in [3.05, 3.63) is 24.3 Å². The van der Waals surface area contributed by atoms with Crippen molar-refractivity contribution in [3.8, 4) is 0 Å². The molecule has 0 heterocycles. The molecule has 1 aliphatic rings. The summed E-state index contributed by atoms with van der Waals surface area (Å²) in [4.78, 5) is 0.280. The normalized spacial score (nSPS) is 18.5. The predicted molar refractivity (Wildman–Crippen MR) is 81.8 cm³/mol. The Labute approximate surface area is 122 Å². The van der Waals surface area contributed by atoms with E-state index in [-0.39, 0.29) is 16.2 Å². The quantitative estimate of drug-likeness (QED) is 0.795. The molecule has 2 N–H and O–H groups in total. The van der Waals surface area contributed by atoms with Gasteiger partial charge in [0.25, 0.3) is 0 Å². The van der Waals surface area contributed by atoms with Crippen LogP contribution in [0.4, 0.5) is 5.69 Å². The van der Waals surface area contributed by atoms with Gasteiger partial charge in [-0.1, -0.05) is 0 Å². The van der Waals surface area contributed by atoms with E-state index >= 15 is 0 Å². The minimum atomic E-state index is -3.38. The van der Waals surface area contributed by atoms with Gasteiger partial charge in [0.2, 0.25) is 10.0 Å². The lowest BCUT2D eigenvalue weighted by Crippen LogP contribution is -2.25. The highest BCUT2D eigenvalue weighted by Crippen LogP contribution is 2.22. The Morgan fingerprint density at radius 2 is 1.90 bits per heavy atom. The van der Waals surface area contributed by atoms with Gasteiger partial charge in [0.1, 0.15) is 0 Å². The molecule has 112 valence electrons. The number of benzene rings is 1. The lowest BCUT2D eigenvalue weighted by molar-refractivity contribution is 0.581. The standard InChI is InChI=1S/C13H20N2O3S2/c1-10(19(2)16)9-14-11-5-7-13(8-6-11)20(17,18)15-12-3-4-12/h5-8,10,12,14-15H,3-4,9H2,1-2H3. The molecule has 1 fully saturated rings. The largest absolute Gasteiger partial charge is 0.384 e. The summed E-state index contributed by atoms with van der Waals surface area (Å²) in [6.07, 6.45) is 3.52. The van der Waals surface area contributed by atoms with E-state index in [0.717, 1.165) is 18.5 Å². The molecule has 0 spiro atoms. The number of sulfonamides is 1. The summed E-state index contributed by atoms with van der Waals surface area (Å²) in [7, 11) is -4.26. The van der Waals surface area contributed by atoms with E-state index in [2.05, 4.69) is 10.0 Å². The molecule has 0 bridgehead atoms. The third-order valence-electron chi connectivity index (χ3n) is 3.22. The monoisotopic (exact) mass is 316 g/mol. The van der Waals surface area contributed by atoms with E-state index in [1.165, 1.54) is 0 Å². The SMILES string of the molecule is CC(CNc1ccc(S(=O)(=O)NC2CC2)cc1)S(C)=O. The first-order valence-electron chi connectivity index (χ1n) is 6.57. The minimum Gasteiger partial charge on any atom is -0.384 e. The fourth-order valence-electron chi connectivity index (χ4n) is 1.62. The zero-order valence-electron chi connectivity index (χ0n) is 11.6. The van der Waals surface area contributed by atoms with Gasteiger partial charge in [-0.15, -0.1) is 0 Å². The fourth-order valence-corrected chi connectivity index (χ4v) is 3.24. The summed E-state index contributed by atoms with van der Waals surface area (Å²) in [6, 6.07) is 6.74. The Bertz CT molecular complexity index is 580. The van der Waals surface area contributed by atoms with E-state index in [1.807, 2.05) is 6.92 Å². The first kappa shape index (κ1) is 15.5. The van der Waals surface area contributed by atoms with E-state index in [9.17, 15) is 12.6 Å². The summed E-state index contributed by atoms with van der Waals surface area (Å²) in [5.74, 6) is 0. The van der Waals surface area contributed by atoms with Crippen molar-refractivity contribution < 1.29 is 12.6 Å². The second-order valence-electron chi connectivity index (χ2n) is 5.11. The van der Waals surface area contributed by atoms with Gasteiger partial charge in [-0.05, 0) is 44.0 Å². The van der Waals surface area contributed by atoms with Gasteiger partial charge in [0, 0.05) is 40.6 Å². The van der Waals surface area contributed by atoms with Crippen molar-refractivity contribution in [1.82, 2.24) is 4.72 Å². The van der Waals surface area contributed by atoms with Crippen LogP contribution in [-0.4, -0.2) is 36.7 Å². The van der Waals surface area contributed by atoms with Crippen LogP contribution in [0.2, 0.25) is 0 Å². The molecule has 1 saturated carbocycles. The molecule has 0 radical (unpaired) electrons. The second-order valence-corrected chi connectivity index (χ2v) is 8.63. The van der Waals surface area contributed by atoms with Gasteiger partial charge in [-0.3, -0.25) is 4.21 Å². The first-order chi connectivity index (χ1) is 9.38. The highest BCUT2D eigenvalue weighted by atomic mass is 32.2. The maximum Gasteiger partial charge on any atom is 0.240 e. The van der Waals surface area contributed by atoms with Crippen LogP contribution in [0.15, 0.2) is 29.2 Å². The summed E-state index contributed by atoms with van der Waals surface area (Å²) in [5, 5.41) is 3.20. The van der Waals surface area contributed by atoms with Gasteiger partial charge in [-0.2, -0.15) is 0 Å². The predicted octanol–water partition coefficient (Wildman–Crippen LogP) is 1.31. The number of hydrogen-bond acceptors (Lipinski definition) is 4. The molecule has 2 unspecified atom stereocenters. The van der Waals surface area contributed by atoms with Gasteiger partial charge in [0.05, 0.1) is 4.90 Å². The number of rotatable bonds is 7. The van der Waals surface area contributed by atoms with Gasteiger partial charge in [-0.25, -0.2) is 13.1 Å². The molecule has 20 heavy (non-hydrogen) atoms. The highest BCUT2D eigenvalue weighted by molar-refractivity contribution is 7.89. The molecule has 0 saturated heterocycles. The van der Waals surface area contributed by atoms with E-state index in [1.54, 1.807) is 30.5 Å². The lowest BCUT2D eigenvalue weighted by atomic mass is 10.3. The van der Waals surface area contributed by atoms with Crippen LogP contribution < -0.4 is 10.0 Å². The average molecular weight is 316 g/mol. The molecule has 7 heteroatoms. The number of anilines is 1. The van der Waals surface area contributed by atoms with E-state index in [0.29, 0.717) is 6.54 Å². The molecule has 1 aromatic carbocycles. The maximum atomic E-state index is 12.0. The molecule has 2 rings (SSSR count). The molecule has 1 aliphatic carbocycles. The molecular weight excluding hydrogens is 296 g/mol. The van der Waals surface area contributed by atoms with Crippen molar-refractivity contribution in [3.63, 3.8) is 0 Å². The maximum absolute atomic E-state index is 12.0. The average Bonchev–Trinajstić information content (AvgIpc) is 3.19. The zero-order chi connectivity index (χ0) is 14.8. The summed E-state index contributed by atoms with van der Waals surface area (Å²) in [5.41, 5.74) is 0.827. The van der Waals surface area contributed by atoms with E-state index in [4.69, 9.17) is 0 Å². The van der Waals surface area contributed by atoms with Crippen LogP contribution in [0.5, 0.6) is 0 Å². The third kappa shape index (κ3) is 4.29. The minimum absolute atomic E-state index is 0.0509. The molecule has 0 aliphatic heterocycles. The Kier molecular flexibility index (Phi) is 4.82. The smallest absolute Gasteiger partial charge is 0.240 e. The van der Waals surface area contributed by atoms with Gasteiger partial charge in [0.15, 0.2) is 0 Å². The Morgan fingerprint density at radius 3 is 2.40 bits per heavy atom. The molecular formula is C13H20N2O3S2. The Hall–Kier alpha value is -0.920. The van der Waals surface area contributed by atoms with Crippen molar-refractivity contribution in [2.24, 2.45) is 0 Å². The van der Waals surface area contributed by atoms with Gasteiger partial charge >= 0.3 is 0 Å². The molecule has 2 atom stereocenters. The molecule has 1 aromatic rings. The van der Waals surface area contributed by atoms with Crippen molar-refractivity contribution >= 4 is 26.5 Å². The van der Waals surface area contributed by atoms with E-state index < -0.39 is 20.8 Å². The first-order valence-corrected chi connectivity index (χ1v) is 9.67. The van der Waals surface area contributed by atoms with Crippen molar-refractivity contribution in [2.75, 3.05) is 18.1 Å². The van der Waals surface area contributed by atoms with Crippen LogP contribution in [0.3, 0.4) is 0 Å².